The van der Waals surface area contributed by atoms with Crippen LogP contribution < -0.4 is 5.56 Å². The molecule has 3 heteroatoms. The molecule has 1 aromatic carbocycles. The van der Waals surface area contributed by atoms with E-state index in [1.165, 1.54) is 17.5 Å². The van der Waals surface area contributed by atoms with Crippen molar-refractivity contribution in [2.24, 2.45) is 0 Å². The van der Waals surface area contributed by atoms with Crippen molar-refractivity contribution in [3.05, 3.63) is 62.8 Å². The molecular formula is C17H18N2O. The van der Waals surface area contributed by atoms with Crippen LogP contribution in [-0.2, 0) is 19.3 Å². The van der Waals surface area contributed by atoms with E-state index in [0.717, 1.165) is 49.2 Å². The number of aryl methyl sites for hydroxylation is 1. The van der Waals surface area contributed by atoms with Gasteiger partial charge in [0.1, 0.15) is 5.82 Å². The Morgan fingerprint density at radius 2 is 1.95 bits per heavy atom. The Labute approximate surface area is 118 Å². The van der Waals surface area contributed by atoms with E-state index in [0.29, 0.717) is 0 Å². The molecule has 1 N–H and O–H groups in total. The molecule has 1 heterocycles. The van der Waals surface area contributed by atoms with Crippen molar-refractivity contribution >= 4 is 0 Å². The van der Waals surface area contributed by atoms with Gasteiger partial charge in [-0.25, -0.2) is 4.98 Å². The van der Waals surface area contributed by atoms with Gasteiger partial charge in [-0.2, -0.15) is 0 Å². The number of H-pyrrole nitrogens is 1. The molecular weight excluding hydrogens is 248 g/mol. The van der Waals surface area contributed by atoms with Gasteiger partial charge >= 0.3 is 0 Å². The van der Waals surface area contributed by atoms with Gasteiger partial charge in [-0.15, -0.1) is 0 Å². The van der Waals surface area contributed by atoms with E-state index in [1.807, 2.05) is 0 Å². The molecule has 20 heavy (non-hydrogen) atoms. The fourth-order valence-corrected chi connectivity index (χ4v) is 3.47. The smallest absolute Gasteiger partial charge is 0.254 e. The van der Waals surface area contributed by atoms with Crippen LogP contribution in [0.3, 0.4) is 0 Å². The number of nitrogens with one attached hydrogen (secondary N) is 1. The van der Waals surface area contributed by atoms with Gasteiger partial charge in [0.15, 0.2) is 0 Å². The Balaban J connectivity index is 1.76. The third kappa shape index (κ3) is 1.80. The first-order chi connectivity index (χ1) is 9.83. The van der Waals surface area contributed by atoms with Crippen molar-refractivity contribution in [1.82, 2.24) is 9.97 Å². The Kier molecular flexibility index (Phi) is 2.72. The molecule has 0 radical (unpaired) electrons. The number of hydrogen-bond acceptors (Lipinski definition) is 2. The quantitative estimate of drug-likeness (QED) is 0.807. The first kappa shape index (κ1) is 11.9. The van der Waals surface area contributed by atoms with Crippen LogP contribution in [-0.4, -0.2) is 9.97 Å². The molecule has 2 aliphatic carbocycles. The molecule has 0 fully saturated rings. The molecule has 1 atom stereocenters. The lowest BCUT2D eigenvalue weighted by Gasteiger charge is -2.29. The molecule has 4 rings (SSSR count). The lowest BCUT2D eigenvalue weighted by atomic mass is 9.77. The molecule has 0 bridgehead atoms. The van der Waals surface area contributed by atoms with Gasteiger partial charge in [0.25, 0.3) is 5.56 Å². The molecule has 0 spiro atoms. The summed E-state index contributed by atoms with van der Waals surface area (Å²) >= 11 is 0. The van der Waals surface area contributed by atoms with Gasteiger partial charge in [-0.3, -0.25) is 4.79 Å². The molecule has 102 valence electrons. The van der Waals surface area contributed by atoms with Crippen molar-refractivity contribution in [3.63, 3.8) is 0 Å². The molecule has 2 aliphatic rings. The van der Waals surface area contributed by atoms with E-state index in [9.17, 15) is 4.79 Å². The second-order valence-corrected chi connectivity index (χ2v) is 5.89. The Morgan fingerprint density at radius 1 is 1.10 bits per heavy atom. The predicted octanol–water partition coefficient (Wildman–Crippen LogP) is 2.73. The van der Waals surface area contributed by atoms with Gasteiger partial charge in [0.05, 0.1) is 5.69 Å². The monoisotopic (exact) mass is 266 g/mol. The van der Waals surface area contributed by atoms with Crippen LogP contribution in [0.5, 0.6) is 0 Å². The van der Waals surface area contributed by atoms with Crippen LogP contribution in [0, 0.1) is 0 Å². The van der Waals surface area contributed by atoms with Gasteiger partial charge in [-0.05, 0) is 43.2 Å². The maximum Gasteiger partial charge on any atom is 0.254 e. The third-order valence-corrected chi connectivity index (χ3v) is 4.64. The second-order valence-electron chi connectivity index (χ2n) is 5.89. The van der Waals surface area contributed by atoms with E-state index >= 15 is 0 Å². The van der Waals surface area contributed by atoms with Crippen molar-refractivity contribution < 1.29 is 0 Å². The summed E-state index contributed by atoms with van der Waals surface area (Å²) < 4.78 is 0. The zero-order valence-electron chi connectivity index (χ0n) is 11.5. The molecule has 3 nitrogen and oxygen atoms in total. The van der Waals surface area contributed by atoms with Crippen LogP contribution in [0.2, 0.25) is 0 Å². The molecule has 0 amide bonds. The van der Waals surface area contributed by atoms with E-state index < -0.39 is 0 Å². The van der Waals surface area contributed by atoms with E-state index in [4.69, 9.17) is 4.98 Å². The van der Waals surface area contributed by atoms with Gasteiger partial charge in [0.2, 0.25) is 0 Å². The summed E-state index contributed by atoms with van der Waals surface area (Å²) in [4.78, 5) is 20.1. The number of rotatable bonds is 1. The maximum atomic E-state index is 12.3. The highest BCUT2D eigenvalue weighted by Crippen LogP contribution is 2.38. The fourth-order valence-electron chi connectivity index (χ4n) is 3.47. The van der Waals surface area contributed by atoms with Gasteiger partial charge in [0, 0.05) is 11.5 Å². The highest BCUT2D eigenvalue weighted by atomic mass is 16.1. The van der Waals surface area contributed by atoms with E-state index in [1.54, 1.807) is 0 Å². The summed E-state index contributed by atoms with van der Waals surface area (Å²) in [6, 6.07) is 8.44. The van der Waals surface area contributed by atoms with E-state index in [-0.39, 0.29) is 11.5 Å². The van der Waals surface area contributed by atoms with Crippen molar-refractivity contribution in [1.29, 1.82) is 0 Å². The average Bonchev–Trinajstić information content (AvgIpc) is 2.66. The topological polar surface area (TPSA) is 45.8 Å². The van der Waals surface area contributed by atoms with E-state index in [2.05, 4.69) is 29.2 Å². The molecule has 1 aromatic heterocycles. The number of aromatic nitrogens is 2. The Bertz CT molecular complexity index is 717. The predicted molar refractivity (Wildman–Crippen MR) is 78.1 cm³/mol. The number of nitrogens with zero attached hydrogens (tertiary/aromatic N) is 1. The summed E-state index contributed by atoms with van der Waals surface area (Å²) in [7, 11) is 0. The van der Waals surface area contributed by atoms with Gasteiger partial charge in [-0.1, -0.05) is 30.7 Å². The molecule has 0 saturated heterocycles. The first-order valence-electron chi connectivity index (χ1n) is 7.52. The maximum absolute atomic E-state index is 12.3. The number of fused-ring (bicyclic) bond motifs is 2. The second kappa shape index (κ2) is 4.58. The fraction of sp³-hybridized carbons (Fsp3) is 0.412. The number of aromatic amines is 1. The highest BCUT2D eigenvalue weighted by Gasteiger charge is 2.29. The molecule has 0 saturated carbocycles. The molecule has 1 unspecified atom stereocenters. The zero-order chi connectivity index (χ0) is 13.5. The summed E-state index contributed by atoms with van der Waals surface area (Å²) in [6.45, 7) is 0. The summed E-state index contributed by atoms with van der Waals surface area (Å²) in [5.74, 6) is 1.15. The lowest BCUT2D eigenvalue weighted by molar-refractivity contribution is 0.645. The van der Waals surface area contributed by atoms with Crippen LogP contribution in [0.25, 0.3) is 0 Å². The summed E-state index contributed by atoms with van der Waals surface area (Å²) in [5, 5.41) is 0. The van der Waals surface area contributed by atoms with Crippen molar-refractivity contribution in [2.45, 2.75) is 44.4 Å². The first-order valence-corrected chi connectivity index (χ1v) is 7.52. The lowest BCUT2D eigenvalue weighted by Crippen LogP contribution is -2.26. The SMILES string of the molecule is O=c1[nH]c(C2Cc3ccccc32)nc2c1CCCCC2. The van der Waals surface area contributed by atoms with Crippen LogP contribution in [0.15, 0.2) is 29.1 Å². The highest BCUT2D eigenvalue weighted by molar-refractivity contribution is 5.44. The zero-order valence-corrected chi connectivity index (χ0v) is 11.5. The minimum atomic E-state index is 0.0938. The molecule has 2 aromatic rings. The number of hydrogen-bond donors (Lipinski definition) is 1. The minimum absolute atomic E-state index is 0.0938. The van der Waals surface area contributed by atoms with Crippen molar-refractivity contribution in [3.8, 4) is 0 Å². The van der Waals surface area contributed by atoms with Crippen LogP contribution in [0.4, 0.5) is 0 Å². The van der Waals surface area contributed by atoms with Crippen LogP contribution >= 0.6 is 0 Å². The third-order valence-electron chi connectivity index (χ3n) is 4.64. The molecule has 0 aliphatic heterocycles. The average molecular weight is 266 g/mol. The largest absolute Gasteiger partial charge is 0.310 e. The Morgan fingerprint density at radius 3 is 2.85 bits per heavy atom. The van der Waals surface area contributed by atoms with Crippen LogP contribution in [0.1, 0.15) is 53.4 Å². The Hall–Kier alpha value is -1.90. The summed E-state index contributed by atoms with van der Waals surface area (Å²) in [6.07, 6.45) is 6.32. The standard InChI is InChI=1S/C17H18N2O/c20-17-13-8-2-1-3-9-15(13)18-16(19-17)14-10-11-6-4-5-7-12(11)14/h4-7,14H,1-3,8-10H2,(H,18,19,20). The minimum Gasteiger partial charge on any atom is -0.310 e. The summed E-state index contributed by atoms with van der Waals surface area (Å²) in [5.41, 5.74) is 4.78. The number of benzene rings is 1. The van der Waals surface area contributed by atoms with Crippen molar-refractivity contribution in [2.75, 3.05) is 0 Å². The van der Waals surface area contributed by atoms with Gasteiger partial charge < -0.3 is 4.98 Å². The normalized spacial score (nSPS) is 20.5.